The van der Waals surface area contributed by atoms with Crippen LogP contribution in [0.15, 0.2) is 65.4 Å². The number of fused-ring (bicyclic) bond motifs is 1. The highest BCUT2D eigenvalue weighted by molar-refractivity contribution is 5.94. The molecule has 1 aliphatic carbocycles. The summed E-state index contributed by atoms with van der Waals surface area (Å²) in [7, 11) is 0. The second-order valence-corrected chi connectivity index (χ2v) is 6.35. The molecule has 0 fully saturated rings. The molecule has 3 aromatic rings. The molecule has 0 radical (unpaired) electrons. The third-order valence-electron chi connectivity index (χ3n) is 4.67. The highest BCUT2D eigenvalue weighted by Gasteiger charge is 2.28. The van der Waals surface area contributed by atoms with Gasteiger partial charge in [-0.3, -0.25) is 4.79 Å². The number of aryl methyl sites for hydroxylation is 1. The maximum Gasteiger partial charge on any atom is 0.263 e. The number of nitrogens with zero attached hydrogens (tertiary/aromatic N) is 1. The predicted molar refractivity (Wildman–Crippen MR) is 93.6 cm³/mol. The Morgan fingerprint density at radius 1 is 1.16 bits per heavy atom. The number of hydrogen-bond acceptors (Lipinski definition) is 4. The summed E-state index contributed by atoms with van der Waals surface area (Å²) in [4.78, 5) is 16.4. The van der Waals surface area contributed by atoms with Crippen molar-refractivity contribution in [1.82, 2.24) is 4.98 Å². The van der Waals surface area contributed by atoms with Gasteiger partial charge in [0.15, 0.2) is 0 Å². The fourth-order valence-electron chi connectivity index (χ4n) is 3.31. The van der Waals surface area contributed by atoms with Gasteiger partial charge in [0.25, 0.3) is 5.89 Å². The van der Waals surface area contributed by atoms with Crippen molar-refractivity contribution in [3.8, 4) is 5.75 Å². The van der Waals surface area contributed by atoms with Crippen LogP contribution in [0.25, 0.3) is 0 Å². The molecule has 126 valence electrons. The van der Waals surface area contributed by atoms with Gasteiger partial charge in [-0.15, -0.1) is 0 Å². The quantitative estimate of drug-likeness (QED) is 0.655. The van der Waals surface area contributed by atoms with Gasteiger partial charge in [-0.05, 0) is 48.1 Å². The Hall–Kier alpha value is -2.88. The van der Waals surface area contributed by atoms with Crippen molar-refractivity contribution in [1.29, 1.82) is 0 Å². The molecule has 0 unspecified atom stereocenters. The molecule has 0 amide bonds. The number of oxazole rings is 1. The molecule has 0 N–H and O–H groups in total. The summed E-state index contributed by atoms with van der Waals surface area (Å²) in [5.74, 6) is 1.04. The lowest BCUT2D eigenvalue weighted by atomic mass is 9.81. The van der Waals surface area contributed by atoms with E-state index in [1.54, 1.807) is 0 Å². The molecule has 0 aliphatic heterocycles. The van der Waals surface area contributed by atoms with E-state index in [1.807, 2.05) is 24.3 Å². The van der Waals surface area contributed by atoms with E-state index in [9.17, 15) is 4.79 Å². The van der Waals surface area contributed by atoms with Gasteiger partial charge in [0.1, 0.15) is 18.6 Å². The molecule has 1 aromatic heterocycles. The lowest BCUT2D eigenvalue weighted by molar-refractivity contribution is 0.0873. The van der Waals surface area contributed by atoms with Gasteiger partial charge in [0.05, 0.1) is 6.20 Å². The smallest absolute Gasteiger partial charge is 0.263 e. The number of Topliss-reactive ketones (excluding diaryl/α,β-unsaturated/α-hetero) is 1. The third kappa shape index (κ3) is 3.48. The largest absolute Gasteiger partial charge is 0.489 e. The summed E-state index contributed by atoms with van der Waals surface area (Å²) in [6, 6.07) is 16.3. The van der Waals surface area contributed by atoms with Crippen LogP contribution in [-0.2, 0) is 19.4 Å². The summed E-state index contributed by atoms with van der Waals surface area (Å²) < 4.78 is 11.0. The van der Waals surface area contributed by atoms with E-state index in [4.69, 9.17) is 9.15 Å². The summed E-state index contributed by atoms with van der Waals surface area (Å²) in [6.45, 7) is 0.560. The normalized spacial score (nSPS) is 16.2. The van der Waals surface area contributed by atoms with Gasteiger partial charge >= 0.3 is 0 Å². The lowest BCUT2D eigenvalue weighted by Crippen LogP contribution is -2.23. The first-order valence-electron chi connectivity index (χ1n) is 8.52. The average molecular weight is 333 g/mol. The van der Waals surface area contributed by atoms with Crippen molar-refractivity contribution < 1.29 is 13.9 Å². The van der Waals surface area contributed by atoms with Crippen LogP contribution in [-0.4, -0.2) is 10.8 Å². The lowest BCUT2D eigenvalue weighted by Gasteiger charge is -2.23. The number of ketones is 1. The Bertz CT molecular complexity index is 856. The van der Waals surface area contributed by atoms with Gasteiger partial charge in [0, 0.05) is 5.92 Å². The first-order valence-corrected chi connectivity index (χ1v) is 8.52. The summed E-state index contributed by atoms with van der Waals surface area (Å²) in [6.07, 6.45) is 5.38. The van der Waals surface area contributed by atoms with Gasteiger partial charge in [-0.2, -0.15) is 0 Å². The number of rotatable bonds is 5. The Kier molecular flexibility index (Phi) is 4.34. The first-order chi connectivity index (χ1) is 12.3. The number of carbonyl (C=O) groups excluding carboxylic acids is 1. The van der Waals surface area contributed by atoms with E-state index in [-0.39, 0.29) is 17.6 Å². The SMILES string of the molecule is O=C(c1ncco1)[C@H]1CCc2cc(OCc3ccccc3)ccc2C1. The van der Waals surface area contributed by atoms with Crippen molar-refractivity contribution in [3.05, 3.63) is 83.6 Å². The van der Waals surface area contributed by atoms with E-state index in [0.717, 1.165) is 30.6 Å². The van der Waals surface area contributed by atoms with Crippen LogP contribution in [0.4, 0.5) is 0 Å². The van der Waals surface area contributed by atoms with Crippen LogP contribution in [0, 0.1) is 5.92 Å². The van der Waals surface area contributed by atoms with Gasteiger partial charge < -0.3 is 9.15 Å². The topological polar surface area (TPSA) is 52.3 Å². The van der Waals surface area contributed by atoms with Gasteiger partial charge in [-0.25, -0.2) is 4.98 Å². The number of carbonyl (C=O) groups is 1. The second-order valence-electron chi connectivity index (χ2n) is 6.35. The molecule has 4 rings (SSSR count). The van der Waals surface area contributed by atoms with Crippen molar-refractivity contribution in [2.24, 2.45) is 5.92 Å². The fraction of sp³-hybridized carbons (Fsp3) is 0.238. The summed E-state index contributed by atoms with van der Waals surface area (Å²) in [5.41, 5.74) is 3.63. The highest BCUT2D eigenvalue weighted by Crippen LogP contribution is 2.30. The Morgan fingerprint density at radius 3 is 2.84 bits per heavy atom. The van der Waals surface area contributed by atoms with Crippen molar-refractivity contribution in [2.45, 2.75) is 25.9 Å². The molecule has 0 bridgehead atoms. The third-order valence-corrected chi connectivity index (χ3v) is 4.67. The molecule has 25 heavy (non-hydrogen) atoms. The standard InChI is InChI=1S/C21H19NO3/c23-20(21-22-10-11-24-21)18-7-6-17-13-19(9-8-16(17)12-18)25-14-15-4-2-1-3-5-15/h1-5,8-11,13,18H,6-7,12,14H2/t18-/m0/s1. The van der Waals surface area contributed by atoms with Crippen LogP contribution >= 0.6 is 0 Å². The van der Waals surface area contributed by atoms with Crippen LogP contribution in [0.1, 0.15) is 33.8 Å². The average Bonchev–Trinajstić information content (AvgIpc) is 3.21. The van der Waals surface area contributed by atoms with Crippen molar-refractivity contribution in [3.63, 3.8) is 0 Å². The van der Waals surface area contributed by atoms with Gasteiger partial charge in [-0.1, -0.05) is 36.4 Å². The van der Waals surface area contributed by atoms with Crippen molar-refractivity contribution >= 4 is 5.78 Å². The maximum atomic E-state index is 12.4. The molecule has 1 aliphatic rings. The van der Waals surface area contributed by atoms with E-state index < -0.39 is 0 Å². The molecule has 0 saturated heterocycles. The van der Waals surface area contributed by atoms with Crippen molar-refractivity contribution in [2.75, 3.05) is 0 Å². The number of ether oxygens (including phenoxy) is 1. The Labute approximate surface area is 146 Å². The number of benzene rings is 2. The molecule has 4 nitrogen and oxygen atoms in total. The molecule has 4 heteroatoms. The van der Waals surface area contributed by atoms with Crippen LogP contribution in [0.3, 0.4) is 0 Å². The van der Waals surface area contributed by atoms with E-state index in [1.165, 1.54) is 23.6 Å². The minimum atomic E-state index is -0.0535. The maximum absolute atomic E-state index is 12.4. The van der Waals surface area contributed by atoms with E-state index >= 15 is 0 Å². The van der Waals surface area contributed by atoms with E-state index in [2.05, 4.69) is 29.2 Å². The highest BCUT2D eigenvalue weighted by atomic mass is 16.5. The minimum absolute atomic E-state index is 0.0000501. The number of hydrogen-bond donors (Lipinski definition) is 0. The zero-order chi connectivity index (χ0) is 17.1. The molecular formula is C21H19NO3. The minimum Gasteiger partial charge on any atom is -0.489 e. The predicted octanol–water partition coefficient (Wildman–Crippen LogP) is 4.24. The summed E-state index contributed by atoms with van der Waals surface area (Å²) >= 11 is 0. The second kappa shape index (κ2) is 6.93. The van der Waals surface area contributed by atoms with Crippen LogP contribution in [0.2, 0.25) is 0 Å². The molecule has 0 saturated carbocycles. The molecule has 2 aromatic carbocycles. The zero-order valence-corrected chi connectivity index (χ0v) is 13.9. The summed E-state index contributed by atoms with van der Waals surface area (Å²) in [5, 5.41) is 0. The monoisotopic (exact) mass is 333 g/mol. The molecular weight excluding hydrogens is 314 g/mol. The number of aromatic nitrogens is 1. The Morgan fingerprint density at radius 2 is 2.04 bits per heavy atom. The molecule has 0 spiro atoms. The Balaban J connectivity index is 1.43. The fourth-order valence-corrected chi connectivity index (χ4v) is 3.31. The van der Waals surface area contributed by atoms with Crippen LogP contribution < -0.4 is 4.74 Å². The van der Waals surface area contributed by atoms with Crippen LogP contribution in [0.5, 0.6) is 5.75 Å². The molecule has 1 heterocycles. The van der Waals surface area contributed by atoms with Gasteiger partial charge in [0.2, 0.25) is 5.78 Å². The zero-order valence-electron chi connectivity index (χ0n) is 13.9. The van der Waals surface area contributed by atoms with E-state index in [0.29, 0.717) is 6.61 Å². The molecule has 1 atom stereocenters. The first kappa shape index (κ1) is 15.6.